The Morgan fingerprint density at radius 2 is 2.04 bits per heavy atom. The standard InChI is InChI=1S/C19H20ClN5O/c1-2-26-15-8-6-12(7-9-15)16-11-17(13-4-3-5-14(20)10-13)25-19(22-16)23-18(21)24-25/h3-10,16-17H,2,11H2,1H3,(H3,21,22,23,24)/t16-,17+/m0/s1. The van der Waals surface area contributed by atoms with Crippen molar-refractivity contribution in [3.05, 3.63) is 64.7 Å². The maximum Gasteiger partial charge on any atom is 0.241 e. The number of benzene rings is 2. The lowest BCUT2D eigenvalue weighted by Gasteiger charge is -2.31. The second-order valence-corrected chi connectivity index (χ2v) is 6.68. The van der Waals surface area contributed by atoms with Gasteiger partial charge in [-0.2, -0.15) is 4.98 Å². The lowest BCUT2D eigenvalue weighted by molar-refractivity contribution is 0.340. The Morgan fingerprint density at radius 1 is 1.23 bits per heavy atom. The molecule has 134 valence electrons. The topological polar surface area (TPSA) is 78.0 Å². The molecular formula is C19H20ClN5O. The van der Waals surface area contributed by atoms with Crippen molar-refractivity contribution in [2.45, 2.75) is 25.4 Å². The van der Waals surface area contributed by atoms with E-state index in [0.29, 0.717) is 17.6 Å². The lowest BCUT2D eigenvalue weighted by atomic mass is 9.93. The minimum atomic E-state index is 0.00585. The van der Waals surface area contributed by atoms with Gasteiger partial charge in [0.15, 0.2) is 0 Å². The van der Waals surface area contributed by atoms with Crippen molar-refractivity contribution in [2.75, 3.05) is 17.7 Å². The third-order valence-corrected chi connectivity index (χ3v) is 4.77. The van der Waals surface area contributed by atoms with Crippen LogP contribution in [0, 0.1) is 0 Å². The summed E-state index contributed by atoms with van der Waals surface area (Å²) < 4.78 is 7.37. The third kappa shape index (κ3) is 3.20. The molecule has 0 spiro atoms. The van der Waals surface area contributed by atoms with Crippen LogP contribution in [0.5, 0.6) is 5.75 Å². The van der Waals surface area contributed by atoms with Crippen molar-refractivity contribution in [2.24, 2.45) is 0 Å². The van der Waals surface area contributed by atoms with Gasteiger partial charge in [0.05, 0.1) is 18.7 Å². The van der Waals surface area contributed by atoms with E-state index >= 15 is 0 Å². The molecule has 2 atom stereocenters. The van der Waals surface area contributed by atoms with E-state index in [0.717, 1.165) is 23.3 Å². The zero-order valence-electron chi connectivity index (χ0n) is 14.4. The van der Waals surface area contributed by atoms with Crippen molar-refractivity contribution in [3.8, 4) is 5.75 Å². The number of hydrogen-bond acceptors (Lipinski definition) is 5. The van der Waals surface area contributed by atoms with E-state index in [4.69, 9.17) is 22.1 Å². The molecule has 0 saturated carbocycles. The van der Waals surface area contributed by atoms with Crippen LogP contribution in [0.25, 0.3) is 0 Å². The van der Waals surface area contributed by atoms with Crippen LogP contribution in [0.1, 0.15) is 36.6 Å². The number of hydrogen-bond donors (Lipinski definition) is 2. The number of ether oxygens (including phenoxy) is 1. The number of nitrogens with one attached hydrogen (secondary N) is 1. The van der Waals surface area contributed by atoms with Gasteiger partial charge in [0.2, 0.25) is 11.9 Å². The zero-order chi connectivity index (χ0) is 18.1. The number of fused-ring (bicyclic) bond motifs is 1. The Hall–Kier alpha value is -2.73. The number of nitrogen functional groups attached to an aromatic ring is 1. The van der Waals surface area contributed by atoms with Crippen molar-refractivity contribution in [1.82, 2.24) is 14.8 Å². The van der Waals surface area contributed by atoms with E-state index in [1.54, 1.807) is 0 Å². The van der Waals surface area contributed by atoms with Crippen LogP contribution in [0.3, 0.4) is 0 Å². The van der Waals surface area contributed by atoms with Crippen LogP contribution in [0.2, 0.25) is 5.02 Å². The van der Waals surface area contributed by atoms with Gasteiger partial charge in [-0.25, -0.2) is 4.68 Å². The molecule has 3 N–H and O–H groups in total. The highest BCUT2D eigenvalue weighted by Gasteiger charge is 2.30. The number of halogens is 1. The molecule has 0 radical (unpaired) electrons. The maximum atomic E-state index is 6.20. The minimum absolute atomic E-state index is 0.00585. The van der Waals surface area contributed by atoms with Crippen molar-refractivity contribution in [1.29, 1.82) is 0 Å². The number of rotatable bonds is 4. The normalized spacial score (nSPS) is 18.8. The second kappa shape index (κ2) is 6.88. The van der Waals surface area contributed by atoms with Crippen LogP contribution in [0.15, 0.2) is 48.5 Å². The van der Waals surface area contributed by atoms with Crippen molar-refractivity contribution in [3.63, 3.8) is 0 Å². The first-order chi connectivity index (χ1) is 12.6. The van der Waals surface area contributed by atoms with E-state index in [1.165, 1.54) is 0 Å². The zero-order valence-corrected chi connectivity index (χ0v) is 15.1. The Kier molecular flexibility index (Phi) is 4.42. The minimum Gasteiger partial charge on any atom is -0.494 e. The smallest absolute Gasteiger partial charge is 0.241 e. The van der Waals surface area contributed by atoms with Gasteiger partial charge in [0.25, 0.3) is 0 Å². The average molecular weight is 370 g/mol. The number of aromatic nitrogens is 3. The summed E-state index contributed by atoms with van der Waals surface area (Å²) in [4.78, 5) is 4.33. The number of nitrogens with two attached hydrogens (primary N) is 1. The van der Waals surface area contributed by atoms with E-state index in [1.807, 2.05) is 41.9 Å². The molecule has 0 unspecified atom stereocenters. The molecule has 0 aliphatic carbocycles. The Bertz CT molecular complexity index is 909. The first-order valence-electron chi connectivity index (χ1n) is 8.61. The van der Waals surface area contributed by atoms with Crippen LogP contribution in [-0.2, 0) is 0 Å². The molecule has 4 rings (SSSR count). The largest absolute Gasteiger partial charge is 0.494 e. The maximum absolute atomic E-state index is 6.20. The molecule has 26 heavy (non-hydrogen) atoms. The summed E-state index contributed by atoms with van der Waals surface area (Å²) in [6.45, 7) is 2.63. The summed E-state index contributed by atoms with van der Waals surface area (Å²) in [6, 6.07) is 16.1. The van der Waals surface area contributed by atoms with Crippen molar-refractivity contribution >= 4 is 23.5 Å². The average Bonchev–Trinajstić information content (AvgIpc) is 3.02. The Balaban J connectivity index is 1.69. The van der Waals surface area contributed by atoms with Crippen LogP contribution in [-0.4, -0.2) is 21.4 Å². The van der Waals surface area contributed by atoms with E-state index in [2.05, 4.69) is 33.6 Å². The third-order valence-electron chi connectivity index (χ3n) is 4.53. The molecule has 3 aromatic rings. The van der Waals surface area contributed by atoms with Gasteiger partial charge in [-0.15, -0.1) is 5.10 Å². The van der Waals surface area contributed by atoms with E-state index < -0.39 is 0 Å². The van der Waals surface area contributed by atoms with Gasteiger partial charge >= 0.3 is 0 Å². The molecule has 2 heterocycles. The number of nitrogens with zero attached hydrogens (tertiary/aromatic N) is 3. The highest BCUT2D eigenvalue weighted by Crippen LogP contribution is 2.38. The van der Waals surface area contributed by atoms with E-state index in [9.17, 15) is 0 Å². The molecule has 6 nitrogen and oxygen atoms in total. The molecule has 1 aliphatic rings. The van der Waals surface area contributed by atoms with Crippen molar-refractivity contribution < 1.29 is 4.74 Å². The fraction of sp³-hybridized carbons (Fsp3) is 0.263. The van der Waals surface area contributed by atoms with Gasteiger partial charge < -0.3 is 15.8 Å². The predicted molar refractivity (Wildman–Crippen MR) is 103 cm³/mol. The summed E-state index contributed by atoms with van der Waals surface area (Å²) >= 11 is 6.20. The molecule has 1 aliphatic heterocycles. The Labute approximate surface area is 156 Å². The first-order valence-corrected chi connectivity index (χ1v) is 8.98. The molecule has 0 bridgehead atoms. The molecule has 1 aromatic heterocycles. The SMILES string of the molecule is CCOc1ccc([C@@H]2C[C@H](c3cccc(Cl)c3)n3nc(N)nc3N2)cc1. The fourth-order valence-corrected chi connectivity index (χ4v) is 3.57. The van der Waals surface area contributed by atoms with Crippen LogP contribution >= 0.6 is 11.6 Å². The van der Waals surface area contributed by atoms with Gasteiger partial charge in [-0.1, -0.05) is 35.9 Å². The van der Waals surface area contributed by atoms with Gasteiger partial charge in [-0.05, 0) is 48.7 Å². The first kappa shape index (κ1) is 16.7. The molecule has 0 saturated heterocycles. The molecule has 0 fully saturated rings. The summed E-state index contributed by atoms with van der Waals surface area (Å²) in [5.41, 5.74) is 8.09. The Morgan fingerprint density at radius 3 is 2.77 bits per heavy atom. The highest BCUT2D eigenvalue weighted by molar-refractivity contribution is 6.30. The summed E-state index contributed by atoms with van der Waals surface area (Å²) in [5.74, 6) is 1.79. The lowest BCUT2D eigenvalue weighted by Crippen LogP contribution is -2.28. The predicted octanol–water partition coefficient (Wildman–Crippen LogP) is 4.06. The second-order valence-electron chi connectivity index (χ2n) is 6.24. The van der Waals surface area contributed by atoms with Gasteiger partial charge in [0.1, 0.15) is 5.75 Å². The van der Waals surface area contributed by atoms with Gasteiger partial charge in [0, 0.05) is 5.02 Å². The quantitative estimate of drug-likeness (QED) is 0.725. The van der Waals surface area contributed by atoms with Crippen LogP contribution < -0.4 is 15.8 Å². The van der Waals surface area contributed by atoms with Gasteiger partial charge in [-0.3, -0.25) is 0 Å². The fourth-order valence-electron chi connectivity index (χ4n) is 3.37. The number of anilines is 2. The summed E-state index contributed by atoms with van der Waals surface area (Å²) in [7, 11) is 0. The molecule has 0 amide bonds. The van der Waals surface area contributed by atoms with Crippen LogP contribution in [0.4, 0.5) is 11.9 Å². The monoisotopic (exact) mass is 369 g/mol. The molecular weight excluding hydrogens is 350 g/mol. The molecule has 2 aromatic carbocycles. The molecule has 7 heteroatoms. The summed E-state index contributed by atoms with van der Waals surface area (Å²) in [5, 5.41) is 8.50. The summed E-state index contributed by atoms with van der Waals surface area (Å²) in [6.07, 6.45) is 0.810. The van der Waals surface area contributed by atoms with E-state index in [-0.39, 0.29) is 18.0 Å². The highest BCUT2D eigenvalue weighted by atomic mass is 35.5.